The molecule has 6 nitrogen and oxygen atoms in total. The minimum atomic E-state index is -0.370. The second-order valence-electron chi connectivity index (χ2n) is 6.74. The van der Waals surface area contributed by atoms with Gasteiger partial charge >= 0.3 is 0 Å². The van der Waals surface area contributed by atoms with Crippen LogP contribution in [-0.4, -0.2) is 42.8 Å². The van der Waals surface area contributed by atoms with Gasteiger partial charge in [-0.1, -0.05) is 0 Å². The molecule has 0 N–H and O–H groups in total. The third kappa shape index (κ3) is 2.92. The van der Waals surface area contributed by atoms with Gasteiger partial charge in [-0.15, -0.1) is 0 Å². The van der Waals surface area contributed by atoms with E-state index in [-0.39, 0.29) is 11.9 Å². The Morgan fingerprint density at radius 2 is 2.00 bits per heavy atom. The van der Waals surface area contributed by atoms with Crippen molar-refractivity contribution in [2.45, 2.75) is 18.9 Å². The molecule has 0 bridgehead atoms. The number of anilines is 2. The Bertz CT molecular complexity index is 852. The summed E-state index contributed by atoms with van der Waals surface area (Å²) >= 11 is 0. The molecule has 26 heavy (non-hydrogen) atoms. The zero-order valence-corrected chi connectivity index (χ0v) is 14.6. The van der Waals surface area contributed by atoms with Gasteiger partial charge in [-0.2, -0.15) is 5.26 Å². The van der Waals surface area contributed by atoms with Gasteiger partial charge in [0.05, 0.1) is 18.7 Å². The van der Waals surface area contributed by atoms with Crippen molar-refractivity contribution >= 4 is 11.5 Å². The lowest BCUT2D eigenvalue weighted by Crippen LogP contribution is -2.48. The molecule has 134 valence electrons. The second kappa shape index (κ2) is 6.79. The average molecular weight is 353 g/mol. The van der Waals surface area contributed by atoms with Gasteiger partial charge < -0.3 is 14.5 Å². The molecule has 2 unspecified atom stereocenters. The number of nitrogens with zero attached hydrogens (tertiary/aromatic N) is 5. The molecular weight excluding hydrogens is 333 g/mol. The highest BCUT2D eigenvalue weighted by atomic mass is 19.1. The number of aromatic nitrogens is 2. The predicted molar refractivity (Wildman–Crippen MR) is 95.8 cm³/mol. The Labute approximate surface area is 151 Å². The monoisotopic (exact) mass is 353 g/mol. The topological polar surface area (TPSA) is 65.3 Å². The van der Waals surface area contributed by atoms with Gasteiger partial charge in [0, 0.05) is 43.8 Å². The van der Waals surface area contributed by atoms with Crippen LogP contribution in [0.2, 0.25) is 0 Å². The van der Waals surface area contributed by atoms with Crippen molar-refractivity contribution in [1.29, 1.82) is 5.26 Å². The highest BCUT2D eigenvalue weighted by Crippen LogP contribution is 2.37. The molecule has 0 aliphatic carbocycles. The van der Waals surface area contributed by atoms with Gasteiger partial charge in [-0.3, -0.25) is 0 Å². The summed E-state index contributed by atoms with van der Waals surface area (Å²) in [5, 5.41) is 9.14. The van der Waals surface area contributed by atoms with Crippen LogP contribution >= 0.6 is 0 Å². The highest BCUT2D eigenvalue weighted by Gasteiger charge is 2.39. The number of ether oxygens (including phenoxy) is 1. The Morgan fingerprint density at radius 3 is 2.81 bits per heavy atom. The first-order valence-corrected chi connectivity index (χ1v) is 8.77. The SMILES string of the molecule is COc1nccnc1N1CCC2CCN(c3cc(F)cc(C#N)c3)C2C1. The van der Waals surface area contributed by atoms with Crippen LogP contribution in [0.5, 0.6) is 5.88 Å². The molecule has 2 aromatic rings. The number of hydrogen-bond acceptors (Lipinski definition) is 6. The van der Waals surface area contributed by atoms with E-state index in [1.54, 1.807) is 25.6 Å². The average Bonchev–Trinajstić information content (AvgIpc) is 3.10. The summed E-state index contributed by atoms with van der Waals surface area (Å²) in [6, 6.07) is 6.86. The second-order valence-corrected chi connectivity index (χ2v) is 6.74. The fourth-order valence-corrected chi connectivity index (χ4v) is 4.14. The number of benzene rings is 1. The van der Waals surface area contributed by atoms with E-state index < -0.39 is 0 Å². The van der Waals surface area contributed by atoms with E-state index in [4.69, 9.17) is 10.00 Å². The lowest BCUT2D eigenvalue weighted by atomic mass is 9.92. The fourth-order valence-electron chi connectivity index (χ4n) is 4.14. The van der Waals surface area contributed by atoms with E-state index in [9.17, 15) is 4.39 Å². The van der Waals surface area contributed by atoms with Gasteiger partial charge in [-0.05, 0) is 37.0 Å². The van der Waals surface area contributed by atoms with Crippen LogP contribution in [0.3, 0.4) is 0 Å². The first-order chi connectivity index (χ1) is 12.7. The van der Waals surface area contributed by atoms with E-state index in [2.05, 4.69) is 19.8 Å². The molecule has 2 aliphatic heterocycles. The number of halogens is 1. The van der Waals surface area contributed by atoms with Crippen LogP contribution in [0.1, 0.15) is 18.4 Å². The molecule has 2 atom stereocenters. The van der Waals surface area contributed by atoms with Crippen LogP contribution < -0.4 is 14.5 Å². The highest BCUT2D eigenvalue weighted by molar-refractivity contribution is 5.55. The lowest BCUT2D eigenvalue weighted by Gasteiger charge is -2.40. The van der Waals surface area contributed by atoms with Crippen LogP contribution in [0.4, 0.5) is 15.9 Å². The first-order valence-electron chi connectivity index (χ1n) is 8.77. The Kier molecular flexibility index (Phi) is 4.33. The van der Waals surface area contributed by atoms with Gasteiger partial charge in [0.25, 0.3) is 5.88 Å². The van der Waals surface area contributed by atoms with E-state index in [1.807, 2.05) is 6.07 Å². The Morgan fingerprint density at radius 1 is 1.19 bits per heavy atom. The van der Waals surface area contributed by atoms with E-state index in [1.165, 1.54) is 12.1 Å². The number of fused-ring (bicyclic) bond motifs is 1. The van der Waals surface area contributed by atoms with E-state index in [0.29, 0.717) is 17.4 Å². The quantitative estimate of drug-likeness (QED) is 0.845. The van der Waals surface area contributed by atoms with Gasteiger partial charge in [0.15, 0.2) is 5.82 Å². The maximum atomic E-state index is 13.9. The maximum absolute atomic E-state index is 13.9. The standard InChI is InChI=1S/C19H20FN5O/c1-26-19-18(22-4-5-23-19)24-6-2-14-3-7-25(17(14)12-24)16-9-13(11-21)8-15(20)10-16/h4-5,8-10,14,17H,2-3,6-7,12H2,1H3. The van der Waals surface area contributed by atoms with E-state index >= 15 is 0 Å². The van der Waals surface area contributed by atoms with E-state index in [0.717, 1.165) is 44.0 Å². The minimum Gasteiger partial charge on any atom is -0.478 e. The zero-order valence-electron chi connectivity index (χ0n) is 14.6. The molecule has 1 aromatic heterocycles. The molecule has 0 saturated carbocycles. The maximum Gasteiger partial charge on any atom is 0.257 e. The zero-order chi connectivity index (χ0) is 18.1. The van der Waals surface area contributed by atoms with Crippen molar-refractivity contribution in [3.8, 4) is 11.9 Å². The summed E-state index contributed by atoms with van der Waals surface area (Å²) in [6.45, 7) is 2.55. The normalized spacial score (nSPS) is 22.0. The Balaban J connectivity index is 1.61. The van der Waals surface area contributed by atoms with Gasteiger partial charge in [0.2, 0.25) is 0 Å². The molecule has 7 heteroatoms. The third-order valence-electron chi connectivity index (χ3n) is 5.35. The summed E-state index contributed by atoms with van der Waals surface area (Å²) in [6.07, 6.45) is 5.41. The number of rotatable bonds is 3. The fraction of sp³-hybridized carbons (Fsp3) is 0.421. The number of nitriles is 1. The molecule has 0 spiro atoms. The molecular formula is C19H20FN5O. The smallest absolute Gasteiger partial charge is 0.257 e. The van der Waals surface area contributed by atoms with Gasteiger partial charge in [-0.25, -0.2) is 14.4 Å². The van der Waals surface area contributed by atoms with Crippen molar-refractivity contribution in [1.82, 2.24) is 9.97 Å². The summed E-state index contributed by atoms with van der Waals surface area (Å²) < 4.78 is 19.3. The third-order valence-corrected chi connectivity index (χ3v) is 5.35. The van der Waals surface area contributed by atoms with Crippen molar-refractivity contribution in [3.63, 3.8) is 0 Å². The van der Waals surface area contributed by atoms with Crippen molar-refractivity contribution in [2.24, 2.45) is 5.92 Å². The largest absolute Gasteiger partial charge is 0.478 e. The summed E-state index contributed by atoms with van der Waals surface area (Å²) in [7, 11) is 1.60. The molecule has 3 heterocycles. The van der Waals surface area contributed by atoms with Crippen LogP contribution in [-0.2, 0) is 0 Å². The van der Waals surface area contributed by atoms with Crippen LogP contribution in [0.25, 0.3) is 0 Å². The predicted octanol–water partition coefficient (Wildman–Crippen LogP) is 2.60. The molecule has 0 amide bonds. The number of piperidine rings is 1. The van der Waals surface area contributed by atoms with Crippen molar-refractivity contribution in [2.75, 3.05) is 36.5 Å². The summed E-state index contributed by atoms with van der Waals surface area (Å²) in [4.78, 5) is 13.1. The van der Waals surface area contributed by atoms with Crippen LogP contribution in [0.15, 0.2) is 30.6 Å². The number of methoxy groups -OCH3 is 1. The molecule has 1 aromatic carbocycles. The summed E-state index contributed by atoms with van der Waals surface area (Å²) in [5.74, 6) is 1.46. The lowest BCUT2D eigenvalue weighted by molar-refractivity contribution is 0.372. The first kappa shape index (κ1) is 16.6. The molecule has 2 saturated heterocycles. The molecule has 2 aliphatic rings. The van der Waals surface area contributed by atoms with Crippen LogP contribution in [0, 0.1) is 23.1 Å². The molecule has 2 fully saturated rings. The number of hydrogen-bond donors (Lipinski definition) is 0. The van der Waals surface area contributed by atoms with Gasteiger partial charge in [0.1, 0.15) is 5.82 Å². The van der Waals surface area contributed by atoms with Crippen molar-refractivity contribution in [3.05, 3.63) is 42.0 Å². The summed E-state index contributed by atoms with van der Waals surface area (Å²) in [5.41, 5.74) is 1.13. The Hall–Kier alpha value is -2.88. The van der Waals surface area contributed by atoms with Crippen molar-refractivity contribution < 1.29 is 9.13 Å². The minimum absolute atomic E-state index is 0.254. The molecule has 4 rings (SSSR count). The molecule has 0 radical (unpaired) electrons.